The number of sulfonamides is 1. The highest BCUT2D eigenvalue weighted by atomic mass is 32.2. The van der Waals surface area contributed by atoms with Crippen molar-refractivity contribution < 1.29 is 8.42 Å². The highest BCUT2D eigenvalue weighted by Gasteiger charge is 2.33. The van der Waals surface area contributed by atoms with E-state index in [1.165, 1.54) is 11.3 Å². The molecule has 1 heterocycles. The van der Waals surface area contributed by atoms with Crippen LogP contribution in [0.4, 0.5) is 0 Å². The van der Waals surface area contributed by atoms with Crippen molar-refractivity contribution in [1.82, 2.24) is 10.0 Å². The van der Waals surface area contributed by atoms with E-state index in [1.807, 2.05) is 12.4 Å². The first-order valence-electron chi connectivity index (χ1n) is 5.74. The van der Waals surface area contributed by atoms with Gasteiger partial charge < -0.3 is 5.32 Å². The predicted octanol–water partition coefficient (Wildman–Crippen LogP) is 1.40. The summed E-state index contributed by atoms with van der Waals surface area (Å²) in [5.41, 5.74) is 1.01. The van der Waals surface area contributed by atoms with Gasteiger partial charge in [-0.1, -0.05) is 6.92 Å². The van der Waals surface area contributed by atoms with Crippen LogP contribution in [0.25, 0.3) is 0 Å². The van der Waals surface area contributed by atoms with Gasteiger partial charge in [0.05, 0.1) is 0 Å². The van der Waals surface area contributed by atoms with Crippen LogP contribution in [-0.4, -0.2) is 22.0 Å². The molecule has 0 radical (unpaired) electrons. The Kier molecular flexibility index (Phi) is 3.87. The Morgan fingerprint density at radius 2 is 2.24 bits per heavy atom. The smallest absolute Gasteiger partial charge is 0.250 e. The first-order valence-corrected chi connectivity index (χ1v) is 8.11. The molecule has 17 heavy (non-hydrogen) atoms. The first kappa shape index (κ1) is 13.0. The Balaban J connectivity index is 1.98. The second kappa shape index (κ2) is 5.06. The summed E-state index contributed by atoms with van der Waals surface area (Å²) in [5, 5.41) is 4.89. The van der Waals surface area contributed by atoms with Crippen molar-refractivity contribution in [3.8, 4) is 0 Å². The van der Waals surface area contributed by atoms with Crippen LogP contribution >= 0.6 is 11.3 Å². The molecule has 0 amide bonds. The fraction of sp³-hybridized carbons (Fsp3) is 0.636. The molecule has 0 aromatic carbocycles. The average molecular weight is 274 g/mol. The van der Waals surface area contributed by atoms with Gasteiger partial charge in [0, 0.05) is 13.1 Å². The van der Waals surface area contributed by atoms with Crippen molar-refractivity contribution in [2.24, 2.45) is 11.8 Å². The molecular formula is C11H18N2O2S2. The van der Waals surface area contributed by atoms with Gasteiger partial charge in [-0.25, -0.2) is 13.1 Å². The van der Waals surface area contributed by atoms with Crippen molar-refractivity contribution in [2.75, 3.05) is 13.6 Å². The maximum absolute atomic E-state index is 12.0. The van der Waals surface area contributed by atoms with Gasteiger partial charge in [-0.3, -0.25) is 0 Å². The fourth-order valence-corrected chi connectivity index (χ4v) is 4.11. The molecule has 2 N–H and O–H groups in total. The fourth-order valence-electron chi connectivity index (χ4n) is 1.76. The highest BCUT2D eigenvalue weighted by molar-refractivity contribution is 7.91. The molecule has 1 fully saturated rings. The summed E-state index contributed by atoms with van der Waals surface area (Å²) in [6, 6.07) is 1.74. The molecule has 2 atom stereocenters. The van der Waals surface area contributed by atoms with Crippen LogP contribution in [0.2, 0.25) is 0 Å². The summed E-state index contributed by atoms with van der Waals surface area (Å²) < 4.78 is 27.0. The Morgan fingerprint density at radius 3 is 2.82 bits per heavy atom. The zero-order chi connectivity index (χ0) is 12.5. The van der Waals surface area contributed by atoms with Gasteiger partial charge in [-0.2, -0.15) is 0 Å². The Labute approximate surface area is 106 Å². The monoisotopic (exact) mass is 274 g/mol. The van der Waals surface area contributed by atoms with Crippen molar-refractivity contribution in [1.29, 1.82) is 0 Å². The van der Waals surface area contributed by atoms with Crippen molar-refractivity contribution in [3.63, 3.8) is 0 Å². The third kappa shape index (κ3) is 3.28. The van der Waals surface area contributed by atoms with Crippen molar-refractivity contribution >= 4 is 21.4 Å². The van der Waals surface area contributed by atoms with E-state index in [2.05, 4.69) is 17.0 Å². The van der Waals surface area contributed by atoms with Gasteiger partial charge in [0.25, 0.3) is 0 Å². The van der Waals surface area contributed by atoms with E-state index in [0.717, 1.165) is 12.0 Å². The van der Waals surface area contributed by atoms with Crippen LogP contribution in [0.15, 0.2) is 15.7 Å². The van der Waals surface area contributed by atoms with E-state index in [-0.39, 0.29) is 0 Å². The molecule has 2 unspecified atom stereocenters. The Hall–Kier alpha value is -0.430. The lowest BCUT2D eigenvalue weighted by Gasteiger charge is -2.03. The standard InChI is InChI=1S/C11H18N2O2S2/c1-8-3-10(8)6-13-17(14,15)11-4-9(5-12-2)7-16-11/h4,7-8,10,12-13H,3,5-6H2,1-2H3. The third-order valence-electron chi connectivity index (χ3n) is 3.09. The SMILES string of the molecule is CNCc1csc(S(=O)(=O)NCC2CC2C)c1. The summed E-state index contributed by atoms with van der Waals surface area (Å²) in [7, 11) is -1.45. The molecule has 0 aliphatic heterocycles. The molecule has 2 rings (SSSR count). The molecule has 1 aromatic heterocycles. The molecule has 0 bridgehead atoms. The van der Waals surface area contributed by atoms with Crippen molar-refractivity contribution in [2.45, 2.75) is 24.1 Å². The third-order valence-corrected chi connectivity index (χ3v) is 6.00. The summed E-state index contributed by atoms with van der Waals surface area (Å²) in [4.78, 5) is 0. The number of rotatable bonds is 6. The molecule has 6 heteroatoms. The van der Waals surface area contributed by atoms with Crippen LogP contribution in [0.5, 0.6) is 0 Å². The molecule has 96 valence electrons. The molecule has 1 aliphatic rings. The molecular weight excluding hydrogens is 256 g/mol. The lowest BCUT2D eigenvalue weighted by molar-refractivity contribution is 0.576. The van der Waals surface area contributed by atoms with Gasteiger partial charge in [-0.15, -0.1) is 11.3 Å². The quantitative estimate of drug-likeness (QED) is 0.824. The normalized spacial score (nSPS) is 23.9. The lowest BCUT2D eigenvalue weighted by atomic mass is 10.3. The average Bonchev–Trinajstić information content (AvgIpc) is 2.77. The van der Waals surface area contributed by atoms with Crippen LogP contribution in [-0.2, 0) is 16.6 Å². The number of hydrogen-bond donors (Lipinski definition) is 2. The topological polar surface area (TPSA) is 58.2 Å². The summed E-state index contributed by atoms with van der Waals surface area (Å²) >= 11 is 1.28. The van der Waals surface area contributed by atoms with Gasteiger partial charge in [0.1, 0.15) is 4.21 Å². The zero-order valence-electron chi connectivity index (χ0n) is 10.1. The summed E-state index contributed by atoms with van der Waals surface area (Å²) in [6.07, 6.45) is 1.14. The van der Waals surface area contributed by atoms with E-state index in [1.54, 1.807) is 6.07 Å². The molecule has 1 aromatic rings. The zero-order valence-corrected chi connectivity index (χ0v) is 11.7. The second-order valence-electron chi connectivity index (χ2n) is 4.63. The van der Waals surface area contributed by atoms with E-state index >= 15 is 0 Å². The van der Waals surface area contributed by atoms with E-state index in [0.29, 0.717) is 29.1 Å². The maximum Gasteiger partial charge on any atom is 0.250 e. The molecule has 1 aliphatic carbocycles. The van der Waals surface area contributed by atoms with Crippen LogP contribution in [0.3, 0.4) is 0 Å². The number of thiophene rings is 1. The van der Waals surface area contributed by atoms with E-state index < -0.39 is 10.0 Å². The molecule has 4 nitrogen and oxygen atoms in total. The minimum absolute atomic E-state index is 0.413. The van der Waals surface area contributed by atoms with Crippen LogP contribution < -0.4 is 10.0 Å². The molecule has 0 spiro atoms. The molecule has 1 saturated carbocycles. The van der Waals surface area contributed by atoms with E-state index in [9.17, 15) is 8.42 Å². The minimum atomic E-state index is -3.30. The van der Waals surface area contributed by atoms with Crippen molar-refractivity contribution in [3.05, 3.63) is 17.0 Å². The molecule has 0 saturated heterocycles. The van der Waals surface area contributed by atoms with Gasteiger partial charge in [-0.05, 0) is 42.3 Å². The maximum atomic E-state index is 12.0. The van der Waals surface area contributed by atoms with Crippen LogP contribution in [0.1, 0.15) is 18.9 Å². The summed E-state index contributed by atoms with van der Waals surface area (Å²) in [5.74, 6) is 1.20. The predicted molar refractivity (Wildman–Crippen MR) is 69.5 cm³/mol. The Morgan fingerprint density at radius 1 is 1.53 bits per heavy atom. The lowest BCUT2D eigenvalue weighted by Crippen LogP contribution is -2.25. The Bertz CT molecular complexity index is 481. The largest absolute Gasteiger partial charge is 0.316 e. The van der Waals surface area contributed by atoms with Gasteiger partial charge >= 0.3 is 0 Å². The summed E-state index contributed by atoms with van der Waals surface area (Å²) in [6.45, 7) is 3.42. The number of hydrogen-bond acceptors (Lipinski definition) is 4. The first-order chi connectivity index (χ1) is 8.03. The van der Waals surface area contributed by atoms with Crippen LogP contribution in [0, 0.1) is 11.8 Å². The van der Waals surface area contributed by atoms with Gasteiger partial charge in [0.2, 0.25) is 10.0 Å². The highest BCUT2D eigenvalue weighted by Crippen LogP contribution is 2.37. The van der Waals surface area contributed by atoms with E-state index in [4.69, 9.17) is 0 Å². The number of nitrogens with one attached hydrogen (secondary N) is 2. The van der Waals surface area contributed by atoms with Gasteiger partial charge in [0.15, 0.2) is 0 Å². The second-order valence-corrected chi connectivity index (χ2v) is 7.53. The minimum Gasteiger partial charge on any atom is -0.316 e.